The quantitative estimate of drug-likeness (QED) is 0.384. The summed E-state index contributed by atoms with van der Waals surface area (Å²) in [6.45, 7) is 6.08. The van der Waals surface area contributed by atoms with Gasteiger partial charge in [-0.1, -0.05) is 0 Å². The lowest BCUT2D eigenvalue weighted by atomic mass is 10.2. The van der Waals surface area contributed by atoms with Gasteiger partial charge in [-0.05, 0) is 75.7 Å². The van der Waals surface area contributed by atoms with Crippen LogP contribution in [-0.4, -0.2) is 41.1 Å². The van der Waals surface area contributed by atoms with Crippen molar-refractivity contribution >= 4 is 21.8 Å². The van der Waals surface area contributed by atoms with E-state index in [1.54, 1.807) is 18.2 Å². The third kappa shape index (κ3) is 4.35. The highest BCUT2D eigenvalue weighted by Crippen LogP contribution is 2.31. The van der Waals surface area contributed by atoms with Crippen molar-refractivity contribution in [3.05, 3.63) is 60.0 Å². The van der Waals surface area contributed by atoms with E-state index in [-0.39, 0.29) is 11.6 Å². The van der Waals surface area contributed by atoms with Crippen molar-refractivity contribution in [1.29, 1.82) is 0 Å². The van der Waals surface area contributed by atoms with Crippen LogP contribution < -0.4 is 9.47 Å². The number of hydrogen-bond acceptors (Lipinski definition) is 4. The number of nitrogens with one attached hydrogen (secondary N) is 1. The summed E-state index contributed by atoms with van der Waals surface area (Å²) in [5.74, 6) is 0.907. The number of aromatic nitrogens is 2. The predicted molar refractivity (Wildman–Crippen MR) is 121 cm³/mol. The molecule has 1 aliphatic rings. The second-order valence-electron chi connectivity index (χ2n) is 8.15. The number of aromatic amines is 1. The molecule has 0 unspecified atom stereocenters. The predicted octanol–water partition coefficient (Wildman–Crippen LogP) is 5.82. The summed E-state index contributed by atoms with van der Waals surface area (Å²) in [4.78, 5) is 10.2. The molecule has 1 N–H and O–H groups in total. The fourth-order valence-corrected chi connectivity index (χ4v) is 4.19. The Hall–Kier alpha value is -3.12. The highest BCUT2D eigenvalue weighted by Gasteiger charge is 2.13. The molecule has 2 aromatic heterocycles. The molecule has 6 heteroatoms. The van der Waals surface area contributed by atoms with Crippen molar-refractivity contribution in [2.45, 2.75) is 26.2 Å². The van der Waals surface area contributed by atoms with E-state index in [0.717, 1.165) is 40.8 Å². The highest BCUT2D eigenvalue weighted by molar-refractivity contribution is 5.83. The number of rotatable bonds is 7. The summed E-state index contributed by atoms with van der Waals surface area (Å²) in [5.41, 5.74) is 2.41. The number of H-pyrrole nitrogens is 1. The van der Waals surface area contributed by atoms with E-state index in [1.807, 2.05) is 37.3 Å². The van der Waals surface area contributed by atoms with Crippen molar-refractivity contribution < 1.29 is 13.9 Å². The van der Waals surface area contributed by atoms with E-state index < -0.39 is 0 Å². The molecule has 5 nitrogen and oxygen atoms in total. The van der Waals surface area contributed by atoms with Crippen molar-refractivity contribution in [3.8, 4) is 17.4 Å². The number of halogens is 1. The Kier molecular flexibility index (Phi) is 5.47. The number of nitrogens with zero attached hydrogens (tertiary/aromatic N) is 2. The Balaban J connectivity index is 1.29. The highest BCUT2D eigenvalue weighted by atomic mass is 19.1. The van der Waals surface area contributed by atoms with E-state index in [4.69, 9.17) is 9.47 Å². The van der Waals surface area contributed by atoms with Gasteiger partial charge in [0, 0.05) is 40.7 Å². The summed E-state index contributed by atoms with van der Waals surface area (Å²) in [6, 6.07) is 14.7. The van der Waals surface area contributed by atoms with Crippen molar-refractivity contribution in [3.63, 3.8) is 0 Å². The van der Waals surface area contributed by atoms with Gasteiger partial charge in [-0.25, -0.2) is 9.37 Å². The normalized spacial score (nSPS) is 14.5. The molecule has 0 spiro atoms. The monoisotopic (exact) mass is 419 g/mol. The molecule has 4 aromatic rings. The number of benzene rings is 2. The minimum absolute atomic E-state index is 0.160. The molecule has 0 radical (unpaired) electrons. The zero-order valence-electron chi connectivity index (χ0n) is 17.7. The number of likely N-dealkylation sites (tertiary alicyclic amines) is 1. The summed E-state index contributed by atoms with van der Waals surface area (Å²) >= 11 is 0. The number of hydrogen-bond donors (Lipinski definition) is 1. The first-order valence-electron chi connectivity index (χ1n) is 10.9. The average molecular weight is 420 g/mol. The second-order valence-corrected chi connectivity index (χ2v) is 8.15. The Bertz CT molecular complexity index is 1210. The van der Waals surface area contributed by atoms with Crippen LogP contribution in [-0.2, 0) is 0 Å². The number of fused-ring (bicyclic) bond motifs is 2. The molecule has 5 rings (SSSR count). The third-order valence-electron chi connectivity index (χ3n) is 5.78. The smallest absolute Gasteiger partial charge is 0.219 e. The fourth-order valence-electron chi connectivity index (χ4n) is 4.19. The Labute approximate surface area is 180 Å². The van der Waals surface area contributed by atoms with Crippen LogP contribution in [0.25, 0.3) is 21.8 Å². The van der Waals surface area contributed by atoms with Gasteiger partial charge in [0.2, 0.25) is 5.88 Å². The number of ether oxygens (including phenoxy) is 2. The first-order valence-corrected chi connectivity index (χ1v) is 10.9. The summed E-state index contributed by atoms with van der Waals surface area (Å²) in [7, 11) is 0. The van der Waals surface area contributed by atoms with Gasteiger partial charge in [0.05, 0.1) is 12.1 Å². The maximum absolute atomic E-state index is 14.8. The van der Waals surface area contributed by atoms with E-state index in [0.29, 0.717) is 17.9 Å². The Morgan fingerprint density at radius 2 is 1.90 bits per heavy atom. The molecular formula is C25H26FN3O2. The van der Waals surface area contributed by atoms with E-state index >= 15 is 0 Å². The maximum atomic E-state index is 14.8. The van der Waals surface area contributed by atoms with Crippen molar-refractivity contribution in [2.24, 2.45) is 0 Å². The van der Waals surface area contributed by atoms with Gasteiger partial charge in [0.15, 0.2) is 11.6 Å². The van der Waals surface area contributed by atoms with Gasteiger partial charge in [-0.3, -0.25) is 0 Å². The van der Waals surface area contributed by atoms with Crippen molar-refractivity contribution in [1.82, 2.24) is 14.9 Å². The molecule has 2 aromatic carbocycles. The molecule has 1 saturated heterocycles. The molecule has 1 aliphatic heterocycles. The molecule has 0 bridgehead atoms. The van der Waals surface area contributed by atoms with Gasteiger partial charge >= 0.3 is 0 Å². The van der Waals surface area contributed by atoms with Gasteiger partial charge in [-0.15, -0.1) is 0 Å². The molecule has 0 saturated carbocycles. The molecule has 0 aliphatic carbocycles. The summed E-state index contributed by atoms with van der Waals surface area (Å²) < 4.78 is 26.5. The fraction of sp³-hybridized carbons (Fsp3) is 0.320. The molecule has 160 valence electrons. The number of pyridine rings is 1. The third-order valence-corrected chi connectivity index (χ3v) is 5.78. The second kappa shape index (κ2) is 8.55. The lowest BCUT2D eigenvalue weighted by molar-refractivity contribution is 0.263. The van der Waals surface area contributed by atoms with Crippen LogP contribution in [0, 0.1) is 12.7 Å². The minimum Gasteiger partial charge on any atom is -0.493 e. The number of aryl methyl sites for hydroxylation is 1. The van der Waals surface area contributed by atoms with Gasteiger partial charge in [-0.2, -0.15) is 0 Å². The summed E-state index contributed by atoms with van der Waals surface area (Å²) in [6.07, 6.45) is 3.63. The van der Waals surface area contributed by atoms with Crippen LogP contribution in [0.4, 0.5) is 4.39 Å². The van der Waals surface area contributed by atoms with E-state index in [1.165, 1.54) is 25.9 Å². The average Bonchev–Trinajstić information content (AvgIpc) is 3.42. The lowest BCUT2D eigenvalue weighted by Gasteiger charge is -2.14. The zero-order chi connectivity index (χ0) is 21.2. The van der Waals surface area contributed by atoms with E-state index in [9.17, 15) is 4.39 Å². The summed E-state index contributed by atoms with van der Waals surface area (Å²) in [5, 5.41) is 1.49. The maximum Gasteiger partial charge on any atom is 0.219 e. The molecule has 31 heavy (non-hydrogen) atoms. The minimum atomic E-state index is -0.390. The lowest BCUT2D eigenvalue weighted by Crippen LogP contribution is -2.21. The first kappa shape index (κ1) is 19.8. The molecular weight excluding hydrogens is 393 g/mol. The van der Waals surface area contributed by atoms with Gasteiger partial charge < -0.3 is 19.4 Å². The standard InChI is InChI=1S/C25H26FN3O2/c1-17-15-20-21(27-17)8-9-23(25(20)26)31-24-10-6-18-5-7-19(16-22(18)28-24)30-14-4-13-29-11-2-3-12-29/h5-10,15-16,27H,2-4,11-14H2,1H3. The van der Waals surface area contributed by atoms with Crippen LogP contribution in [0.5, 0.6) is 17.4 Å². The van der Waals surface area contributed by atoms with Crippen LogP contribution in [0.1, 0.15) is 25.0 Å². The first-order chi connectivity index (χ1) is 15.2. The Morgan fingerprint density at radius 1 is 1.06 bits per heavy atom. The molecule has 0 amide bonds. The van der Waals surface area contributed by atoms with Gasteiger partial charge in [0.1, 0.15) is 5.75 Å². The van der Waals surface area contributed by atoms with Crippen LogP contribution >= 0.6 is 0 Å². The zero-order valence-corrected chi connectivity index (χ0v) is 17.7. The molecule has 1 fully saturated rings. The topological polar surface area (TPSA) is 50.4 Å². The van der Waals surface area contributed by atoms with Gasteiger partial charge in [0.25, 0.3) is 0 Å². The SMILES string of the molecule is Cc1cc2c(F)c(Oc3ccc4ccc(OCCCN5CCCC5)cc4n3)ccc2[nH]1. The molecule has 3 heterocycles. The Morgan fingerprint density at radius 3 is 2.77 bits per heavy atom. The largest absolute Gasteiger partial charge is 0.493 e. The van der Waals surface area contributed by atoms with Crippen LogP contribution in [0.2, 0.25) is 0 Å². The molecule has 0 atom stereocenters. The van der Waals surface area contributed by atoms with E-state index in [2.05, 4.69) is 14.9 Å². The van der Waals surface area contributed by atoms with Crippen LogP contribution in [0.15, 0.2) is 48.5 Å². The van der Waals surface area contributed by atoms with Crippen molar-refractivity contribution in [2.75, 3.05) is 26.2 Å². The van der Waals surface area contributed by atoms with Crippen LogP contribution in [0.3, 0.4) is 0 Å².